The van der Waals surface area contributed by atoms with Crippen molar-refractivity contribution in [2.45, 2.75) is 38.1 Å². The summed E-state index contributed by atoms with van der Waals surface area (Å²) in [5.74, 6) is 1.60. The van der Waals surface area contributed by atoms with Gasteiger partial charge in [-0.25, -0.2) is 0 Å². The Hall–Kier alpha value is -1.06. The van der Waals surface area contributed by atoms with Crippen LogP contribution in [0.1, 0.15) is 32.6 Å². The Morgan fingerprint density at radius 2 is 2.16 bits per heavy atom. The van der Waals surface area contributed by atoms with Crippen molar-refractivity contribution in [2.24, 2.45) is 5.92 Å². The number of para-hydroxylation sites is 1. The molecular weight excluding hydrogens is 238 g/mol. The van der Waals surface area contributed by atoms with Gasteiger partial charge >= 0.3 is 0 Å². The molecule has 2 unspecified atom stereocenters. The summed E-state index contributed by atoms with van der Waals surface area (Å²) in [7, 11) is 0. The third-order valence-corrected chi connectivity index (χ3v) is 4.01. The first-order valence-corrected chi connectivity index (χ1v) is 7.28. The monoisotopic (exact) mass is 263 g/mol. The zero-order valence-electron chi connectivity index (χ0n) is 11.8. The molecule has 2 atom stereocenters. The highest BCUT2D eigenvalue weighted by Crippen LogP contribution is 2.31. The normalized spacial score (nSPS) is 27.2. The molecule has 2 N–H and O–H groups in total. The summed E-state index contributed by atoms with van der Waals surface area (Å²) in [6.07, 6.45) is 4.62. The third kappa shape index (κ3) is 4.22. The molecule has 19 heavy (non-hydrogen) atoms. The van der Waals surface area contributed by atoms with Crippen LogP contribution in [0.4, 0.5) is 0 Å². The van der Waals surface area contributed by atoms with E-state index in [1.165, 1.54) is 12.8 Å². The van der Waals surface area contributed by atoms with E-state index in [0.29, 0.717) is 12.5 Å². The molecule has 0 heterocycles. The van der Waals surface area contributed by atoms with Crippen LogP contribution in [0.25, 0.3) is 0 Å². The van der Waals surface area contributed by atoms with Gasteiger partial charge in [0.2, 0.25) is 0 Å². The predicted molar refractivity (Wildman–Crippen MR) is 77.4 cm³/mol. The van der Waals surface area contributed by atoms with Crippen LogP contribution in [0.15, 0.2) is 30.3 Å². The van der Waals surface area contributed by atoms with Gasteiger partial charge in [0.25, 0.3) is 0 Å². The molecule has 3 nitrogen and oxygen atoms in total. The van der Waals surface area contributed by atoms with Crippen molar-refractivity contribution in [3.05, 3.63) is 30.3 Å². The predicted octanol–water partition coefficient (Wildman–Crippen LogP) is 2.60. The summed E-state index contributed by atoms with van der Waals surface area (Å²) in [4.78, 5) is 0. The van der Waals surface area contributed by atoms with Crippen LogP contribution < -0.4 is 10.1 Å². The summed E-state index contributed by atoms with van der Waals surface area (Å²) in [5, 5.41) is 13.2. The van der Waals surface area contributed by atoms with Gasteiger partial charge in [0.05, 0.1) is 6.61 Å². The number of aliphatic hydroxyl groups excluding tert-OH is 1. The van der Waals surface area contributed by atoms with Crippen LogP contribution in [-0.4, -0.2) is 30.4 Å². The van der Waals surface area contributed by atoms with Crippen LogP contribution in [0, 0.1) is 5.92 Å². The maximum atomic E-state index is 9.67. The molecule has 1 aromatic carbocycles. The Morgan fingerprint density at radius 3 is 2.84 bits per heavy atom. The van der Waals surface area contributed by atoms with Crippen molar-refractivity contribution in [2.75, 3.05) is 19.8 Å². The van der Waals surface area contributed by atoms with Gasteiger partial charge in [0.15, 0.2) is 0 Å². The molecule has 0 aliphatic heterocycles. The highest BCUT2D eigenvalue weighted by Gasteiger charge is 2.33. The number of ether oxygens (including phenoxy) is 1. The molecule has 1 saturated carbocycles. The minimum absolute atomic E-state index is 0.0856. The third-order valence-electron chi connectivity index (χ3n) is 4.01. The second kappa shape index (κ2) is 6.92. The van der Waals surface area contributed by atoms with Gasteiger partial charge in [-0.2, -0.15) is 0 Å². The molecule has 106 valence electrons. The fraction of sp³-hybridized carbons (Fsp3) is 0.625. The molecule has 1 fully saturated rings. The largest absolute Gasteiger partial charge is 0.492 e. The van der Waals surface area contributed by atoms with E-state index in [1.807, 2.05) is 30.3 Å². The first-order chi connectivity index (χ1) is 9.24. The fourth-order valence-electron chi connectivity index (χ4n) is 3.02. The first-order valence-electron chi connectivity index (χ1n) is 7.28. The van der Waals surface area contributed by atoms with Gasteiger partial charge in [-0.1, -0.05) is 38.0 Å². The summed E-state index contributed by atoms with van der Waals surface area (Å²) >= 11 is 0. The average Bonchev–Trinajstić information content (AvgIpc) is 2.45. The highest BCUT2D eigenvalue weighted by molar-refractivity contribution is 5.20. The lowest BCUT2D eigenvalue weighted by Gasteiger charge is -2.39. The zero-order valence-corrected chi connectivity index (χ0v) is 11.8. The van der Waals surface area contributed by atoms with Gasteiger partial charge in [-0.3, -0.25) is 0 Å². The molecule has 0 saturated heterocycles. The van der Waals surface area contributed by atoms with Gasteiger partial charge in [-0.05, 0) is 30.9 Å². The minimum atomic E-state index is -0.0856. The number of aliphatic hydroxyl groups is 1. The van der Waals surface area contributed by atoms with Gasteiger partial charge in [0.1, 0.15) is 12.4 Å². The Kier molecular flexibility index (Phi) is 5.23. The van der Waals surface area contributed by atoms with Crippen LogP contribution in [0.5, 0.6) is 5.75 Å². The molecule has 1 aliphatic rings. The highest BCUT2D eigenvalue weighted by atomic mass is 16.5. The van der Waals surface area contributed by atoms with Gasteiger partial charge < -0.3 is 15.2 Å². The average molecular weight is 263 g/mol. The second-order valence-corrected chi connectivity index (χ2v) is 5.73. The van der Waals surface area contributed by atoms with Crippen LogP contribution in [-0.2, 0) is 0 Å². The van der Waals surface area contributed by atoms with Crippen LogP contribution in [0.2, 0.25) is 0 Å². The van der Waals surface area contributed by atoms with E-state index >= 15 is 0 Å². The molecule has 0 bridgehead atoms. The van der Waals surface area contributed by atoms with Gasteiger partial charge in [0, 0.05) is 12.1 Å². The Morgan fingerprint density at radius 1 is 1.37 bits per heavy atom. The second-order valence-electron chi connectivity index (χ2n) is 5.73. The Balaban J connectivity index is 1.74. The summed E-state index contributed by atoms with van der Waals surface area (Å²) < 4.78 is 5.67. The van der Waals surface area contributed by atoms with E-state index in [9.17, 15) is 5.11 Å². The van der Waals surface area contributed by atoms with Gasteiger partial charge in [-0.15, -0.1) is 0 Å². The number of rotatable bonds is 6. The lowest BCUT2D eigenvalue weighted by Crippen LogP contribution is -2.52. The Labute approximate surface area is 116 Å². The van der Waals surface area contributed by atoms with Crippen molar-refractivity contribution < 1.29 is 9.84 Å². The van der Waals surface area contributed by atoms with E-state index in [2.05, 4.69) is 12.2 Å². The van der Waals surface area contributed by atoms with E-state index < -0.39 is 0 Å². The van der Waals surface area contributed by atoms with Crippen molar-refractivity contribution in [3.63, 3.8) is 0 Å². The molecular formula is C16H25NO2. The topological polar surface area (TPSA) is 41.5 Å². The first kappa shape index (κ1) is 14.4. The molecule has 2 rings (SSSR count). The zero-order chi connectivity index (χ0) is 13.6. The quantitative estimate of drug-likeness (QED) is 0.775. The number of benzene rings is 1. The van der Waals surface area contributed by atoms with E-state index in [0.717, 1.165) is 25.1 Å². The fourth-order valence-corrected chi connectivity index (χ4v) is 3.02. The molecule has 1 aromatic rings. The molecule has 0 aromatic heterocycles. The molecule has 0 spiro atoms. The lowest BCUT2D eigenvalue weighted by molar-refractivity contribution is 0.0956. The van der Waals surface area contributed by atoms with E-state index in [1.54, 1.807) is 0 Å². The SMILES string of the molecule is CC1CCCC(CO)(NCCOc2ccccc2)C1. The summed E-state index contributed by atoms with van der Waals surface area (Å²) in [6.45, 7) is 3.91. The van der Waals surface area contributed by atoms with Crippen molar-refractivity contribution >= 4 is 0 Å². The minimum Gasteiger partial charge on any atom is -0.492 e. The van der Waals surface area contributed by atoms with Crippen molar-refractivity contribution in [1.29, 1.82) is 0 Å². The lowest BCUT2D eigenvalue weighted by atomic mass is 9.77. The van der Waals surface area contributed by atoms with Crippen LogP contribution >= 0.6 is 0 Å². The maximum absolute atomic E-state index is 9.67. The smallest absolute Gasteiger partial charge is 0.119 e. The van der Waals surface area contributed by atoms with Crippen molar-refractivity contribution in [1.82, 2.24) is 5.32 Å². The number of hydrogen-bond donors (Lipinski definition) is 2. The standard InChI is InChI=1S/C16H25NO2/c1-14-6-5-9-16(12-14,13-18)17-10-11-19-15-7-3-2-4-8-15/h2-4,7-8,14,17-18H,5-6,9-13H2,1H3. The Bertz CT molecular complexity index is 368. The number of nitrogens with one attached hydrogen (secondary N) is 1. The molecule has 0 amide bonds. The summed E-state index contributed by atoms with van der Waals surface area (Å²) in [6, 6.07) is 9.85. The summed E-state index contributed by atoms with van der Waals surface area (Å²) in [5.41, 5.74) is -0.0856. The number of hydrogen-bond acceptors (Lipinski definition) is 3. The molecule has 3 heteroatoms. The molecule has 0 radical (unpaired) electrons. The van der Waals surface area contributed by atoms with Crippen LogP contribution in [0.3, 0.4) is 0 Å². The molecule has 1 aliphatic carbocycles. The van der Waals surface area contributed by atoms with Crippen molar-refractivity contribution in [3.8, 4) is 5.75 Å². The van der Waals surface area contributed by atoms with E-state index in [4.69, 9.17) is 4.74 Å². The maximum Gasteiger partial charge on any atom is 0.119 e. The van der Waals surface area contributed by atoms with E-state index in [-0.39, 0.29) is 12.1 Å².